The van der Waals surface area contributed by atoms with Crippen molar-refractivity contribution in [3.05, 3.63) is 35.9 Å². The summed E-state index contributed by atoms with van der Waals surface area (Å²) < 4.78 is 0. The standard InChI is InChI=1S/C15H18O2/c1-11(16)14-8-7-12(9-14)10-15(17)13-5-3-2-4-6-13/h2-6,12,14H,7-10H2,1H3. The average Bonchev–Trinajstić information content (AvgIpc) is 2.79. The lowest BCUT2D eigenvalue weighted by atomic mass is 9.95. The molecular weight excluding hydrogens is 212 g/mol. The summed E-state index contributed by atoms with van der Waals surface area (Å²) in [5.74, 6) is 1.08. The van der Waals surface area contributed by atoms with Gasteiger partial charge in [-0.15, -0.1) is 0 Å². The van der Waals surface area contributed by atoms with Crippen molar-refractivity contribution >= 4 is 11.6 Å². The number of carbonyl (C=O) groups excluding carboxylic acids is 2. The molecule has 2 heteroatoms. The van der Waals surface area contributed by atoms with Gasteiger partial charge < -0.3 is 0 Å². The van der Waals surface area contributed by atoms with E-state index in [0.717, 1.165) is 24.8 Å². The predicted molar refractivity (Wildman–Crippen MR) is 66.9 cm³/mol. The Labute approximate surface area is 102 Å². The molecule has 0 radical (unpaired) electrons. The number of hydrogen-bond acceptors (Lipinski definition) is 2. The zero-order chi connectivity index (χ0) is 12.3. The van der Waals surface area contributed by atoms with Crippen molar-refractivity contribution in [2.75, 3.05) is 0 Å². The van der Waals surface area contributed by atoms with Crippen molar-refractivity contribution in [1.82, 2.24) is 0 Å². The molecule has 2 atom stereocenters. The summed E-state index contributed by atoms with van der Waals surface area (Å²) in [5.41, 5.74) is 0.791. The third kappa shape index (κ3) is 3.02. The van der Waals surface area contributed by atoms with Crippen LogP contribution in [-0.4, -0.2) is 11.6 Å². The van der Waals surface area contributed by atoms with E-state index in [2.05, 4.69) is 0 Å². The Bertz CT molecular complexity index is 408. The highest BCUT2D eigenvalue weighted by atomic mass is 16.1. The second kappa shape index (κ2) is 5.26. The molecule has 0 saturated heterocycles. The summed E-state index contributed by atoms with van der Waals surface area (Å²) in [5, 5.41) is 0. The molecule has 2 rings (SSSR count). The molecule has 2 unspecified atom stereocenters. The Hall–Kier alpha value is -1.44. The van der Waals surface area contributed by atoms with Crippen LogP contribution in [0.3, 0.4) is 0 Å². The Balaban J connectivity index is 1.91. The van der Waals surface area contributed by atoms with Crippen LogP contribution in [0.1, 0.15) is 43.0 Å². The second-order valence-corrected chi connectivity index (χ2v) is 4.98. The van der Waals surface area contributed by atoms with Crippen molar-refractivity contribution in [3.63, 3.8) is 0 Å². The van der Waals surface area contributed by atoms with Crippen LogP contribution in [0.4, 0.5) is 0 Å². The number of rotatable bonds is 4. The fraction of sp³-hybridized carbons (Fsp3) is 0.467. The fourth-order valence-electron chi connectivity index (χ4n) is 2.63. The number of ketones is 2. The monoisotopic (exact) mass is 230 g/mol. The third-order valence-electron chi connectivity index (χ3n) is 3.69. The van der Waals surface area contributed by atoms with E-state index in [1.54, 1.807) is 6.92 Å². The highest BCUT2D eigenvalue weighted by molar-refractivity contribution is 5.96. The van der Waals surface area contributed by atoms with E-state index in [1.165, 1.54) is 0 Å². The third-order valence-corrected chi connectivity index (χ3v) is 3.69. The van der Waals surface area contributed by atoms with Gasteiger partial charge in [-0.2, -0.15) is 0 Å². The lowest BCUT2D eigenvalue weighted by Gasteiger charge is -2.08. The minimum Gasteiger partial charge on any atom is -0.300 e. The Morgan fingerprint density at radius 1 is 1.18 bits per heavy atom. The highest BCUT2D eigenvalue weighted by Crippen LogP contribution is 2.34. The van der Waals surface area contributed by atoms with Gasteiger partial charge in [-0.1, -0.05) is 30.3 Å². The van der Waals surface area contributed by atoms with E-state index >= 15 is 0 Å². The van der Waals surface area contributed by atoms with Crippen LogP contribution in [0.25, 0.3) is 0 Å². The maximum atomic E-state index is 12.0. The largest absolute Gasteiger partial charge is 0.300 e. The first kappa shape index (κ1) is 12.0. The van der Waals surface area contributed by atoms with Crippen molar-refractivity contribution in [1.29, 1.82) is 0 Å². The van der Waals surface area contributed by atoms with Crippen LogP contribution >= 0.6 is 0 Å². The van der Waals surface area contributed by atoms with Crippen LogP contribution < -0.4 is 0 Å². The van der Waals surface area contributed by atoms with Crippen molar-refractivity contribution in [2.45, 2.75) is 32.6 Å². The molecule has 1 saturated carbocycles. The number of hydrogen-bond donors (Lipinski definition) is 0. The molecule has 0 heterocycles. The van der Waals surface area contributed by atoms with Gasteiger partial charge in [-0.25, -0.2) is 0 Å². The van der Waals surface area contributed by atoms with E-state index in [0.29, 0.717) is 12.3 Å². The van der Waals surface area contributed by atoms with E-state index in [9.17, 15) is 9.59 Å². The number of benzene rings is 1. The van der Waals surface area contributed by atoms with Gasteiger partial charge in [0.2, 0.25) is 0 Å². The molecule has 0 amide bonds. The van der Waals surface area contributed by atoms with E-state index in [1.807, 2.05) is 30.3 Å². The first-order valence-corrected chi connectivity index (χ1v) is 6.25. The van der Waals surface area contributed by atoms with Gasteiger partial charge >= 0.3 is 0 Å². The zero-order valence-corrected chi connectivity index (χ0v) is 10.2. The first-order chi connectivity index (χ1) is 8.16. The summed E-state index contributed by atoms with van der Waals surface area (Å²) >= 11 is 0. The molecule has 0 spiro atoms. The van der Waals surface area contributed by atoms with Crippen LogP contribution in [0.2, 0.25) is 0 Å². The zero-order valence-electron chi connectivity index (χ0n) is 10.2. The van der Waals surface area contributed by atoms with Gasteiger partial charge in [0.25, 0.3) is 0 Å². The fourth-order valence-corrected chi connectivity index (χ4v) is 2.63. The molecule has 1 fully saturated rings. The predicted octanol–water partition coefficient (Wildman–Crippen LogP) is 3.26. The summed E-state index contributed by atoms with van der Waals surface area (Å²) in [7, 11) is 0. The van der Waals surface area contributed by atoms with Crippen LogP contribution in [0.5, 0.6) is 0 Å². The molecule has 2 nitrogen and oxygen atoms in total. The molecule has 1 aromatic rings. The van der Waals surface area contributed by atoms with Gasteiger partial charge in [0.05, 0.1) is 0 Å². The molecule has 90 valence electrons. The molecule has 1 aliphatic carbocycles. The SMILES string of the molecule is CC(=O)C1CCC(CC(=O)c2ccccc2)C1. The summed E-state index contributed by atoms with van der Waals surface area (Å²) in [6.07, 6.45) is 3.46. The van der Waals surface area contributed by atoms with E-state index < -0.39 is 0 Å². The van der Waals surface area contributed by atoms with Crippen LogP contribution in [-0.2, 0) is 4.79 Å². The number of Topliss-reactive ketones (excluding diaryl/α,β-unsaturated/α-hetero) is 2. The molecular formula is C15H18O2. The molecule has 0 N–H and O–H groups in total. The quantitative estimate of drug-likeness (QED) is 0.744. The Morgan fingerprint density at radius 3 is 2.47 bits per heavy atom. The average molecular weight is 230 g/mol. The maximum Gasteiger partial charge on any atom is 0.163 e. The van der Waals surface area contributed by atoms with Gasteiger partial charge in [0.1, 0.15) is 5.78 Å². The van der Waals surface area contributed by atoms with Crippen molar-refractivity contribution < 1.29 is 9.59 Å². The first-order valence-electron chi connectivity index (χ1n) is 6.25. The number of carbonyl (C=O) groups is 2. The lowest BCUT2D eigenvalue weighted by molar-refractivity contribution is -0.120. The summed E-state index contributed by atoms with van der Waals surface area (Å²) in [4.78, 5) is 23.3. The van der Waals surface area contributed by atoms with Crippen molar-refractivity contribution in [2.24, 2.45) is 11.8 Å². The molecule has 17 heavy (non-hydrogen) atoms. The highest BCUT2D eigenvalue weighted by Gasteiger charge is 2.29. The molecule has 0 aromatic heterocycles. The maximum absolute atomic E-state index is 12.0. The normalized spacial score (nSPS) is 23.6. The topological polar surface area (TPSA) is 34.1 Å². The molecule has 1 aliphatic rings. The van der Waals surface area contributed by atoms with E-state index in [4.69, 9.17) is 0 Å². The van der Waals surface area contributed by atoms with Gasteiger partial charge in [-0.05, 0) is 32.1 Å². The van der Waals surface area contributed by atoms with Gasteiger partial charge in [0, 0.05) is 17.9 Å². The smallest absolute Gasteiger partial charge is 0.163 e. The van der Waals surface area contributed by atoms with Gasteiger partial charge in [0.15, 0.2) is 5.78 Å². The Kier molecular flexibility index (Phi) is 3.72. The molecule has 0 bridgehead atoms. The van der Waals surface area contributed by atoms with Gasteiger partial charge in [-0.3, -0.25) is 9.59 Å². The minimum absolute atomic E-state index is 0.198. The summed E-state index contributed by atoms with van der Waals surface area (Å²) in [6, 6.07) is 9.41. The van der Waals surface area contributed by atoms with Crippen molar-refractivity contribution in [3.8, 4) is 0 Å². The van der Waals surface area contributed by atoms with E-state index in [-0.39, 0.29) is 17.5 Å². The second-order valence-electron chi connectivity index (χ2n) is 4.98. The lowest BCUT2D eigenvalue weighted by Crippen LogP contribution is -2.09. The minimum atomic E-state index is 0.198. The Morgan fingerprint density at radius 2 is 1.88 bits per heavy atom. The van der Waals surface area contributed by atoms with Crippen LogP contribution in [0, 0.1) is 11.8 Å². The van der Waals surface area contributed by atoms with Crippen LogP contribution in [0.15, 0.2) is 30.3 Å². The molecule has 1 aromatic carbocycles. The molecule has 0 aliphatic heterocycles. The summed E-state index contributed by atoms with van der Waals surface area (Å²) in [6.45, 7) is 1.66.